The van der Waals surface area contributed by atoms with Crippen LogP contribution in [0.4, 0.5) is 0 Å². The van der Waals surface area contributed by atoms with Gasteiger partial charge in [0.1, 0.15) is 0 Å². The number of hydrogen-bond donors (Lipinski definition) is 0. The van der Waals surface area contributed by atoms with Crippen LogP contribution in [0.15, 0.2) is 66.9 Å². The van der Waals surface area contributed by atoms with Crippen molar-refractivity contribution >= 4 is 23.3 Å². The highest BCUT2D eigenvalue weighted by Crippen LogP contribution is 2.22. The Labute approximate surface area is 140 Å². The van der Waals surface area contributed by atoms with Gasteiger partial charge < -0.3 is 4.57 Å². The monoisotopic (exact) mass is 318 g/mol. The molecule has 0 N–H and O–H groups in total. The van der Waals surface area contributed by atoms with Crippen molar-refractivity contribution in [2.75, 3.05) is 0 Å². The summed E-state index contributed by atoms with van der Waals surface area (Å²) < 4.78 is 2.11. The molecule has 23 heavy (non-hydrogen) atoms. The second-order valence-electron chi connectivity index (χ2n) is 5.30. The molecule has 0 aliphatic heterocycles. The van der Waals surface area contributed by atoms with E-state index in [0.717, 1.165) is 22.5 Å². The summed E-state index contributed by atoms with van der Waals surface area (Å²) in [6.07, 6.45) is 3.94. The topological polar surface area (TPSA) is 28.7 Å². The Balaban J connectivity index is 1.99. The number of benzene rings is 2. The molecular formula is C20H15ClN2. The van der Waals surface area contributed by atoms with Crippen LogP contribution in [0.25, 0.3) is 17.3 Å². The number of aryl methyl sites for hydroxylation is 1. The van der Waals surface area contributed by atoms with Gasteiger partial charge in [-0.2, -0.15) is 5.26 Å². The standard InChI is InChI=1S/C20H15ClN2/c1-15-11-16(14-23(15)20-5-3-2-4-6-20)12-18(13-22)17-7-9-19(21)10-8-17/h2-12,14H,1H3/b18-12+. The summed E-state index contributed by atoms with van der Waals surface area (Å²) in [6, 6.07) is 21.8. The van der Waals surface area contributed by atoms with E-state index in [1.165, 1.54) is 0 Å². The van der Waals surface area contributed by atoms with Crippen LogP contribution in [0.2, 0.25) is 5.02 Å². The van der Waals surface area contributed by atoms with E-state index in [2.05, 4.69) is 35.8 Å². The molecule has 0 radical (unpaired) electrons. The largest absolute Gasteiger partial charge is 0.321 e. The van der Waals surface area contributed by atoms with Gasteiger partial charge in [-0.3, -0.25) is 0 Å². The first-order chi connectivity index (χ1) is 11.2. The van der Waals surface area contributed by atoms with Crippen LogP contribution in [0.3, 0.4) is 0 Å². The van der Waals surface area contributed by atoms with Crippen molar-refractivity contribution in [1.29, 1.82) is 5.26 Å². The molecule has 0 aliphatic rings. The van der Waals surface area contributed by atoms with Crippen molar-refractivity contribution < 1.29 is 0 Å². The average molecular weight is 319 g/mol. The van der Waals surface area contributed by atoms with E-state index in [9.17, 15) is 5.26 Å². The Morgan fingerprint density at radius 3 is 2.43 bits per heavy atom. The first kappa shape index (κ1) is 15.1. The molecule has 2 aromatic carbocycles. The van der Waals surface area contributed by atoms with Gasteiger partial charge in [-0.1, -0.05) is 41.9 Å². The van der Waals surface area contributed by atoms with Crippen LogP contribution >= 0.6 is 11.6 Å². The molecule has 0 fully saturated rings. The minimum absolute atomic E-state index is 0.617. The van der Waals surface area contributed by atoms with E-state index in [4.69, 9.17) is 11.6 Å². The smallest absolute Gasteiger partial charge is 0.0998 e. The average Bonchev–Trinajstić information content (AvgIpc) is 2.95. The molecule has 0 spiro atoms. The quantitative estimate of drug-likeness (QED) is 0.586. The maximum absolute atomic E-state index is 9.45. The Hall–Kier alpha value is -2.76. The summed E-state index contributed by atoms with van der Waals surface area (Å²) in [7, 11) is 0. The highest BCUT2D eigenvalue weighted by molar-refractivity contribution is 6.30. The Morgan fingerprint density at radius 2 is 1.78 bits per heavy atom. The van der Waals surface area contributed by atoms with Crippen molar-refractivity contribution in [2.24, 2.45) is 0 Å². The first-order valence-corrected chi connectivity index (χ1v) is 7.67. The summed E-state index contributed by atoms with van der Waals surface area (Å²) in [5.41, 5.74) is 4.71. The maximum atomic E-state index is 9.45. The van der Waals surface area contributed by atoms with E-state index in [1.807, 2.05) is 42.6 Å². The lowest BCUT2D eigenvalue weighted by molar-refractivity contribution is 1.02. The van der Waals surface area contributed by atoms with E-state index in [-0.39, 0.29) is 0 Å². The number of nitrogens with zero attached hydrogens (tertiary/aromatic N) is 2. The van der Waals surface area contributed by atoms with Crippen LogP contribution in [-0.2, 0) is 0 Å². The third kappa shape index (κ3) is 3.36. The molecule has 0 atom stereocenters. The minimum Gasteiger partial charge on any atom is -0.321 e. The third-order valence-corrected chi connectivity index (χ3v) is 3.91. The van der Waals surface area contributed by atoms with E-state index in [1.54, 1.807) is 12.1 Å². The van der Waals surface area contributed by atoms with Crippen LogP contribution < -0.4 is 0 Å². The summed E-state index contributed by atoms with van der Waals surface area (Å²) in [6.45, 7) is 2.05. The van der Waals surface area contributed by atoms with Crippen LogP contribution in [0, 0.1) is 18.3 Å². The van der Waals surface area contributed by atoms with Crippen molar-refractivity contribution in [1.82, 2.24) is 4.57 Å². The molecule has 1 aromatic heterocycles. The van der Waals surface area contributed by atoms with Gasteiger partial charge in [0.05, 0.1) is 11.6 Å². The van der Waals surface area contributed by atoms with Crippen molar-refractivity contribution in [3.05, 3.63) is 88.7 Å². The number of para-hydroxylation sites is 1. The molecule has 0 unspecified atom stereocenters. The number of aromatic nitrogens is 1. The minimum atomic E-state index is 0.617. The molecule has 0 bridgehead atoms. The Kier molecular flexibility index (Phi) is 4.32. The van der Waals surface area contributed by atoms with Gasteiger partial charge in [-0.15, -0.1) is 0 Å². The normalized spacial score (nSPS) is 11.3. The predicted molar refractivity (Wildman–Crippen MR) is 95.4 cm³/mol. The van der Waals surface area contributed by atoms with Crippen molar-refractivity contribution in [3.63, 3.8) is 0 Å². The van der Waals surface area contributed by atoms with Crippen molar-refractivity contribution in [2.45, 2.75) is 6.92 Å². The fourth-order valence-corrected chi connectivity index (χ4v) is 2.65. The number of halogens is 1. The van der Waals surface area contributed by atoms with Gasteiger partial charge >= 0.3 is 0 Å². The second kappa shape index (κ2) is 6.56. The maximum Gasteiger partial charge on any atom is 0.0998 e. The SMILES string of the molecule is Cc1cc(/C=C(\C#N)c2ccc(Cl)cc2)cn1-c1ccccc1. The lowest BCUT2D eigenvalue weighted by Gasteiger charge is -2.04. The molecule has 1 heterocycles. The van der Waals surface area contributed by atoms with Crippen LogP contribution in [0.1, 0.15) is 16.8 Å². The Bertz CT molecular complexity index is 882. The van der Waals surface area contributed by atoms with Gasteiger partial charge in [0.2, 0.25) is 0 Å². The third-order valence-electron chi connectivity index (χ3n) is 3.65. The van der Waals surface area contributed by atoms with E-state index in [0.29, 0.717) is 10.6 Å². The number of allylic oxidation sites excluding steroid dienone is 1. The molecule has 2 nitrogen and oxygen atoms in total. The number of hydrogen-bond acceptors (Lipinski definition) is 1. The molecule has 0 saturated carbocycles. The lowest BCUT2D eigenvalue weighted by Crippen LogP contribution is -1.92. The fourth-order valence-electron chi connectivity index (χ4n) is 2.52. The molecular weight excluding hydrogens is 304 g/mol. The highest BCUT2D eigenvalue weighted by atomic mass is 35.5. The van der Waals surface area contributed by atoms with E-state index < -0.39 is 0 Å². The van der Waals surface area contributed by atoms with Gasteiger partial charge in [0, 0.05) is 22.6 Å². The molecule has 112 valence electrons. The van der Waals surface area contributed by atoms with E-state index >= 15 is 0 Å². The van der Waals surface area contributed by atoms with Crippen molar-refractivity contribution in [3.8, 4) is 11.8 Å². The summed E-state index contributed by atoms with van der Waals surface area (Å²) >= 11 is 5.91. The lowest BCUT2D eigenvalue weighted by atomic mass is 10.1. The number of rotatable bonds is 3. The summed E-state index contributed by atoms with van der Waals surface area (Å²) in [5.74, 6) is 0. The van der Waals surface area contributed by atoms with Gasteiger partial charge in [-0.25, -0.2) is 0 Å². The second-order valence-corrected chi connectivity index (χ2v) is 5.73. The fraction of sp³-hybridized carbons (Fsp3) is 0.0500. The molecule has 3 rings (SSSR count). The summed E-state index contributed by atoms with van der Waals surface area (Å²) in [5, 5.41) is 10.1. The first-order valence-electron chi connectivity index (χ1n) is 7.29. The molecule has 0 aliphatic carbocycles. The summed E-state index contributed by atoms with van der Waals surface area (Å²) in [4.78, 5) is 0. The van der Waals surface area contributed by atoms with Gasteiger partial charge in [0.15, 0.2) is 0 Å². The van der Waals surface area contributed by atoms with Gasteiger partial charge in [-0.05, 0) is 54.5 Å². The molecule has 0 amide bonds. The van der Waals surface area contributed by atoms with Gasteiger partial charge in [0.25, 0.3) is 0 Å². The molecule has 3 heteroatoms. The molecule has 0 saturated heterocycles. The Morgan fingerprint density at radius 1 is 1.09 bits per heavy atom. The van der Waals surface area contributed by atoms with Crippen LogP contribution in [0.5, 0.6) is 0 Å². The number of nitriles is 1. The zero-order valence-corrected chi connectivity index (χ0v) is 13.5. The molecule has 3 aromatic rings. The predicted octanol–water partition coefficient (Wildman–Crippen LogP) is 5.50. The van der Waals surface area contributed by atoms with Crippen LogP contribution in [-0.4, -0.2) is 4.57 Å². The zero-order valence-electron chi connectivity index (χ0n) is 12.7. The zero-order chi connectivity index (χ0) is 16.2. The highest BCUT2D eigenvalue weighted by Gasteiger charge is 2.05.